The number of alkyl halides is 3. The summed E-state index contributed by atoms with van der Waals surface area (Å²) in [5.41, 5.74) is -0.939. The monoisotopic (exact) mass is 506 g/mol. The van der Waals surface area contributed by atoms with Gasteiger partial charge in [0.15, 0.2) is 16.8 Å². The van der Waals surface area contributed by atoms with E-state index >= 15 is 0 Å². The molecule has 0 atom stereocenters. The molecule has 0 saturated heterocycles. The zero-order chi connectivity index (χ0) is 25.9. The van der Waals surface area contributed by atoms with Crippen molar-refractivity contribution in [3.8, 4) is 39.6 Å². The van der Waals surface area contributed by atoms with Gasteiger partial charge in [0.1, 0.15) is 17.0 Å². The number of benzene rings is 2. The molecule has 0 amide bonds. The summed E-state index contributed by atoms with van der Waals surface area (Å²) in [4.78, 5) is 21.3. The number of nitrogens with one attached hydrogen (secondary N) is 1. The van der Waals surface area contributed by atoms with E-state index in [-0.39, 0.29) is 33.9 Å². The van der Waals surface area contributed by atoms with Crippen molar-refractivity contribution in [3.05, 3.63) is 77.0 Å². The van der Waals surface area contributed by atoms with Crippen molar-refractivity contribution in [2.24, 2.45) is 7.05 Å². The molecule has 0 fully saturated rings. The molecule has 2 aromatic carbocycles. The van der Waals surface area contributed by atoms with Gasteiger partial charge in [-0.25, -0.2) is 4.98 Å². The summed E-state index contributed by atoms with van der Waals surface area (Å²) in [5, 5.41) is 7.86. The molecule has 6 rings (SSSR count). The Morgan fingerprint density at radius 2 is 1.81 bits per heavy atom. The predicted molar refractivity (Wildman–Crippen MR) is 128 cm³/mol. The van der Waals surface area contributed by atoms with Crippen molar-refractivity contribution < 1.29 is 22.3 Å². The number of aromatic nitrogens is 6. The van der Waals surface area contributed by atoms with E-state index in [0.717, 1.165) is 0 Å². The van der Waals surface area contributed by atoms with Crippen LogP contribution in [0.1, 0.15) is 5.69 Å². The molecule has 6 aromatic rings. The van der Waals surface area contributed by atoms with Crippen molar-refractivity contribution >= 4 is 16.7 Å². The highest BCUT2D eigenvalue weighted by Gasteiger charge is 2.40. The van der Waals surface area contributed by atoms with Crippen LogP contribution in [0.25, 0.3) is 50.6 Å². The van der Waals surface area contributed by atoms with Crippen LogP contribution >= 0.6 is 0 Å². The fourth-order valence-corrected chi connectivity index (χ4v) is 4.31. The standard InChI is InChI=1S/C25H17F3N6O3/c1-33-12-14(11-29-33)19-18(23-31-20-15(36-2)9-6-10-16(20)37-23)24(35)34-22(30-19)17(13-7-4-3-5-8-13)21(32-34)25(26,27)28/h3-12,30H,1-2H3. The fourth-order valence-electron chi connectivity index (χ4n) is 4.31. The number of oxazole rings is 1. The minimum atomic E-state index is -4.82. The van der Waals surface area contributed by atoms with Crippen LogP contribution in [0.15, 0.2) is 70.1 Å². The second-order valence-corrected chi connectivity index (χ2v) is 8.26. The number of aromatic amines is 1. The lowest BCUT2D eigenvalue weighted by molar-refractivity contribution is -0.140. The van der Waals surface area contributed by atoms with Crippen LogP contribution in [0.2, 0.25) is 0 Å². The topological polar surface area (TPSA) is 103 Å². The molecule has 12 heteroatoms. The molecule has 9 nitrogen and oxygen atoms in total. The molecule has 4 heterocycles. The van der Waals surface area contributed by atoms with Gasteiger partial charge < -0.3 is 14.1 Å². The molecule has 0 aliphatic heterocycles. The number of nitrogens with zero attached hydrogens (tertiary/aromatic N) is 5. The third-order valence-corrected chi connectivity index (χ3v) is 5.93. The average Bonchev–Trinajstić information content (AvgIpc) is 3.60. The third kappa shape index (κ3) is 3.56. The van der Waals surface area contributed by atoms with Gasteiger partial charge in [0.05, 0.1) is 24.6 Å². The Kier molecular flexibility index (Phi) is 4.93. The van der Waals surface area contributed by atoms with Gasteiger partial charge in [-0.15, -0.1) is 0 Å². The Morgan fingerprint density at radius 3 is 2.49 bits per heavy atom. The summed E-state index contributed by atoms with van der Waals surface area (Å²) in [5.74, 6) is 0.310. The maximum absolute atomic E-state index is 14.1. The lowest BCUT2D eigenvalue weighted by Gasteiger charge is -2.08. The van der Waals surface area contributed by atoms with Gasteiger partial charge >= 0.3 is 6.18 Å². The lowest BCUT2D eigenvalue weighted by atomic mass is 10.0. The fraction of sp³-hybridized carbons (Fsp3) is 0.120. The van der Waals surface area contributed by atoms with E-state index in [0.29, 0.717) is 26.9 Å². The van der Waals surface area contributed by atoms with E-state index in [1.807, 2.05) is 0 Å². The van der Waals surface area contributed by atoms with Gasteiger partial charge in [0.2, 0.25) is 5.89 Å². The summed E-state index contributed by atoms with van der Waals surface area (Å²) in [6, 6.07) is 13.0. The number of hydrogen-bond acceptors (Lipinski definition) is 6. The first kappa shape index (κ1) is 22.6. The first-order valence-corrected chi connectivity index (χ1v) is 11.0. The SMILES string of the molecule is COc1cccc2oc(-c3c(-c4cnn(C)c4)[nH]c4c(-c5ccccc5)c(C(F)(F)F)nn4c3=O)nc12. The normalized spacial score (nSPS) is 12.0. The second-order valence-electron chi connectivity index (χ2n) is 8.26. The zero-order valence-electron chi connectivity index (χ0n) is 19.4. The van der Waals surface area contributed by atoms with Crippen LogP contribution in [0, 0.1) is 0 Å². The Morgan fingerprint density at radius 1 is 1.03 bits per heavy atom. The number of ether oxygens (including phenoxy) is 1. The minimum absolute atomic E-state index is 0.102. The minimum Gasteiger partial charge on any atom is -0.494 e. The molecule has 0 bridgehead atoms. The highest BCUT2D eigenvalue weighted by atomic mass is 19.4. The molecular formula is C25H17F3N6O3. The maximum Gasteiger partial charge on any atom is 0.435 e. The maximum atomic E-state index is 14.1. The molecule has 186 valence electrons. The Bertz CT molecular complexity index is 1850. The van der Waals surface area contributed by atoms with E-state index in [9.17, 15) is 18.0 Å². The number of aryl methyl sites for hydroxylation is 1. The average molecular weight is 506 g/mol. The summed E-state index contributed by atoms with van der Waals surface area (Å²) in [6.45, 7) is 0. The van der Waals surface area contributed by atoms with Crippen LogP contribution in [0.3, 0.4) is 0 Å². The summed E-state index contributed by atoms with van der Waals surface area (Å²) < 4.78 is 55.8. The van der Waals surface area contributed by atoms with Crippen LogP contribution in [0.4, 0.5) is 13.2 Å². The number of halogens is 3. The number of fused-ring (bicyclic) bond motifs is 2. The molecule has 0 aliphatic carbocycles. The van der Waals surface area contributed by atoms with Crippen LogP contribution in [-0.2, 0) is 13.2 Å². The van der Waals surface area contributed by atoms with Crippen molar-refractivity contribution in [2.45, 2.75) is 6.18 Å². The van der Waals surface area contributed by atoms with Gasteiger partial charge in [-0.2, -0.15) is 27.9 Å². The van der Waals surface area contributed by atoms with Gasteiger partial charge in [0.25, 0.3) is 5.56 Å². The quantitative estimate of drug-likeness (QED) is 0.364. The van der Waals surface area contributed by atoms with E-state index in [1.165, 1.54) is 30.1 Å². The molecule has 0 aliphatic rings. The predicted octanol–water partition coefficient (Wildman–Crippen LogP) is 4.93. The number of para-hydroxylation sites is 1. The van der Waals surface area contributed by atoms with Crippen molar-refractivity contribution in [1.82, 2.24) is 29.4 Å². The highest BCUT2D eigenvalue weighted by molar-refractivity contribution is 5.87. The Labute approximate surface area is 205 Å². The van der Waals surface area contributed by atoms with Gasteiger partial charge in [-0.1, -0.05) is 36.4 Å². The molecule has 0 unspecified atom stereocenters. The van der Waals surface area contributed by atoms with Gasteiger partial charge in [0, 0.05) is 18.8 Å². The van der Waals surface area contributed by atoms with Crippen molar-refractivity contribution in [3.63, 3.8) is 0 Å². The first-order chi connectivity index (χ1) is 17.8. The molecule has 37 heavy (non-hydrogen) atoms. The van der Waals surface area contributed by atoms with Crippen LogP contribution < -0.4 is 10.3 Å². The summed E-state index contributed by atoms with van der Waals surface area (Å²) >= 11 is 0. The van der Waals surface area contributed by atoms with Gasteiger partial charge in [-0.05, 0) is 17.7 Å². The molecule has 0 saturated carbocycles. The first-order valence-electron chi connectivity index (χ1n) is 11.0. The van der Waals surface area contributed by atoms with E-state index in [2.05, 4.69) is 20.2 Å². The molecule has 0 spiro atoms. The van der Waals surface area contributed by atoms with Crippen molar-refractivity contribution in [2.75, 3.05) is 7.11 Å². The summed E-state index contributed by atoms with van der Waals surface area (Å²) in [6.07, 6.45) is -1.72. The highest BCUT2D eigenvalue weighted by Crippen LogP contribution is 2.40. The van der Waals surface area contributed by atoms with E-state index < -0.39 is 17.4 Å². The second kappa shape index (κ2) is 8.08. The van der Waals surface area contributed by atoms with Crippen LogP contribution in [0.5, 0.6) is 5.75 Å². The third-order valence-electron chi connectivity index (χ3n) is 5.93. The van der Waals surface area contributed by atoms with Crippen molar-refractivity contribution in [1.29, 1.82) is 0 Å². The van der Waals surface area contributed by atoms with E-state index in [4.69, 9.17) is 9.15 Å². The number of methoxy groups -OCH3 is 1. The number of H-pyrrole nitrogens is 1. The molecular weight excluding hydrogens is 489 g/mol. The molecule has 1 N–H and O–H groups in total. The summed E-state index contributed by atoms with van der Waals surface area (Å²) in [7, 11) is 3.15. The van der Waals surface area contributed by atoms with E-state index in [1.54, 1.807) is 49.6 Å². The number of hydrogen-bond donors (Lipinski definition) is 1. The zero-order valence-corrected chi connectivity index (χ0v) is 19.4. The largest absolute Gasteiger partial charge is 0.494 e. The Balaban J connectivity index is 1.74. The molecule has 4 aromatic heterocycles. The smallest absolute Gasteiger partial charge is 0.435 e. The van der Waals surface area contributed by atoms with Gasteiger partial charge in [-0.3, -0.25) is 9.48 Å². The number of rotatable bonds is 4. The lowest BCUT2D eigenvalue weighted by Crippen LogP contribution is -2.19. The Hall–Kier alpha value is -4.87. The molecule has 0 radical (unpaired) electrons. The van der Waals surface area contributed by atoms with Crippen LogP contribution in [-0.4, -0.2) is 36.5 Å².